The van der Waals surface area contributed by atoms with Gasteiger partial charge < -0.3 is 0 Å². The van der Waals surface area contributed by atoms with Gasteiger partial charge in [-0.25, -0.2) is 8.42 Å². The van der Waals surface area contributed by atoms with Crippen LogP contribution in [0.2, 0.25) is 5.02 Å². The molecule has 0 aliphatic heterocycles. The number of nitro groups is 1. The summed E-state index contributed by atoms with van der Waals surface area (Å²) in [5.41, 5.74) is 1.92. The van der Waals surface area contributed by atoms with Crippen molar-refractivity contribution in [2.45, 2.75) is 18.4 Å². The minimum Gasteiger partial charge on any atom is -0.262 e. The molecule has 0 aromatic heterocycles. The van der Waals surface area contributed by atoms with Crippen molar-refractivity contribution in [1.29, 1.82) is 0 Å². The highest BCUT2D eigenvalue weighted by Gasteiger charge is 2.27. The zero-order valence-corrected chi connectivity index (χ0v) is 16.5. The number of sulfonamides is 1. The summed E-state index contributed by atoms with van der Waals surface area (Å²) < 4.78 is 27.9. The summed E-state index contributed by atoms with van der Waals surface area (Å²) in [4.78, 5) is 10.3. The first-order valence-electron chi connectivity index (χ1n) is 8.36. The summed E-state index contributed by atoms with van der Waals surface area (Å²) in [5.74, 6) is 0. The highest BCUT2D eigenvalue weighted by atomic mass is 35.5. The van der Waals surface area contributed by atoms with E-state index >= 15 is 0 Å². The molecular formula is C20H17ClN2O4S. The van der Waals surface area contributed by atoms with Crippen LogP contribution in [0.15, 0.2) is 77.7 Å². The maximum atomic E-state index is 13.4. The quantitative estimate of drug-likeness (QED) is 0.420. The van der Waals surface area contributed by atoms with Gasteiger partial charge in [0.25, 0.3) is 15.7 Å². The van der Waals surface area contributed by atoms with Gasteiger partial charge in [0.05, 0.1) is 22.1 Å². The molecule has 3 aromatic rings. The molecule has 0 bridgehead atoms. The maximum absolute atomic E-state index is 13.4. The average Bonchev–Trinajstić information content (AvgIpc) is 2.67. The van der Waals surface area contributed by atoms with Crippen LogP contribution in [0.5, 0.6) is 0 Å². The zero-order valence-electron chi connectivity index (χ0n) is 14.9. The van der Waals surface area contributed by atoms with E-state index in [2.05, 4.69) is 0 Å². The van der Waals surface area contributed by atoms with Crippen molar-refractivity contribution in [3.63, 3.8) is 0 Å². The number of hydrogen-bond donors (Lipinski definition) is 0. The van der Waals surface area contributed by atoms with Crippen LogP contribution in [0.4, 0.5) is 11.4 Å². The van der Waals surface area contributed by atoms with Gasteiger partial charge in [-0.2, -0.15) is 0 Å². The standard InChI is InChI=1S/C20H17ClN2O4S/c1-15-8-10-16(11-9-15)14-22(18-5-2-4-17(21)12-18)28(26,27)20-7-3-6-19(13-20)23(24)25/h2-13H,14H2,1H3. The van der Waals surface area contributed by atoms with E-state index in [4.69, 9.17) is 11.6 Å². The number of aryl methyl sites for hydroxylation is 1. The van der Waals surface area contributed by atoms with Gasteiger partial charge >= 0.3 is 0 Å². The van der Waals surface area contributed by atoms with Gasteiger partial charge in [-0.3, -0.25) is 14.4 Å². The van der Waals surface area contributed by atoms with Crippen molar-refractivity contribution in [2.24, 2.45) is 0 Å². The van der Waals surface area contributed by atoms with E-state index in [1.165, 1.54) is 22.5 Å². The Labute approximate surface area is 168 Å². The fourth-order valence-electron chi connectivity index (χ4n) is 2.69. The summed E-state index contributed by atoms with van der Waals surface area (Å²) in [7, 11) is -4.06. The fourth-order valence-corrected chi connectivity index (χ4v) is 4.36. The van der Waals surface area contributed by atoms with Crippen LogP contribution in [-0.4, -0.2) is 13.3 Å². The Morgan fingerprint density at radius 1 is 1.00 bits per heavy atom. The predicted molar refractivity (Wildman–Crippen MR) is 109 cm³/mol. The van der Waals surface area contributed by atoms with E-state index in [0.29, 0.717) is 10.7 Å². The van der Waals surface area contributed by atoms with Gasteiger partial charge in [-0.1, -0.05) is 53.6 Å². The average molecular weight is 417 g/mol. The Morgan fingerprint density at radius 2 is 1.68 bits per heavy atom. The van der Waals surface area contributed by atoms with Crippen molar-refractivity contribution in [3.05, 3.63) is 99.1 Å². The topological polar surface area (TPSA) is 80.5 Å². The van der Waals surface area contributed by atoms with Crippen molar-refractivity contribution >= 4 is 33.0 Å². The maximum Gasteiger partial charge on any atom is 0.270 e. The Balaban J connectivity index is 2.10. The number of halogens is 1. The minimum atomic E-state index is -4.06. The third kappa shape index (κ3) is 4.32. The van der Waals surface area contributed by atoms with Crippen molar-refractivity contribution in [3.8, 4) is 0 Å². The van der Waals surface area contributed by atoms with Crippen molar-refractivity contribution in [1.82, 2.24) is 0 Å². The molecule has 0 fully saturated rings. The number of anilines is 1. The van der Waals surface area contributed by atoms with Gasteiger partial charge in [-0.15, -0.1) is 0 Å². The van der Waals surface area contributed by atoms with Gasteiger partial charge in [0, 0.05) is 17.2 Å². The number of hydrogen-bond acceptors (Lipinski definition) is 4. The normalized spacial score (nSPS) is 11.2. The molecule has 6 nitrogen and oxygen atoms in total. The molecule has 0 heterocycles. The monoisotopic (exact) mass is 416 g/mol. The summed E-state index contributed by atoms with van der Waals surface area (Å²) in [6.45, 7) is 2.00. The van der Waals surface area contributed by atoms with Crippen LogP contribution >= 0.6 is 11.6 Å². The smallest absolute Gasteiger partial charge is 0.262 e. The van der Waals surface area contributed by atoms with Crippen molar-refractivity contribution < 1.29 is 13.3 Å². The Morgan fingerprint density at radius 3 is 2.32 bits per heavy atom. The lowest BCUT2D eigenvalue weighted by molar-refractivity contribution is -0.385. The van der Waals surface area contributed by atoms with Gasteiger partial charge in [0.1, 0.15) is 0 Å². The highest BCUT2D eigenvalue weighted by molar-refractivity contribution is 7.92. The highest BCUT2D eigenvalue weighted by Crippen LogP contribution is 2.29. The van der Waals surface area contributed by atoms with Gasteiger partial charge in [0.15, 0.2) is 0 Å². The molecule has 0 amide bonds. The molecule has 0 radical (unpaired) electrons. The van der Waals surface area contributed by atoms with Crippen LogP contribution < -0.4 is 4.31 Å². The SMILES string of the molecule is Cc1ccc(CN(c2cccc(Cl)c2)S(=O)(=O)c2cccc([N+](=O)[O-])c2)cc1. The minimum absolute atomic E-state index is 0.0612. The zero-order chi connectivity index (χ0) is 20.3. The lowest BCUT2D eigenvalue weighted by Crippen LogP contribution is -2.30. The predicted octanol–water partition coefficient (Wildman–Crippen LogP) is 4.95. The first-order chi connectivity index (χ1) is 13.3. The molecule has 0 saturated carbocycles. The summed E-state index contributed by atoms with van der Waals surface area (Å²) in [5, 5.41) is 11.5. The number of rotatable bonds is 6. The van der Waals surface area contributed by atoms with Crippen LogP contribution in [0.25, 0.3) is 0 Å². The molecule has 8 heteroatoms. The largest absolute Gasteiger partial charge is 0.270 e. The number of benzene rings is 3. The van der Waals surface area contributed by atoms with E-state index < -0.39 is 14.9 Å². The van der Waals surface area contributed by atoms with Crippen LogP contribution in [0, 0.1) is 17.0 Å². The Hall–Kier alpha value is -2.90. The molecule has 0 aliphatic rings. The van der Waals surface area contributed by atoms with E-state index in [1.54, 1.807) is 24.3 Å². The fraction of sp³-hybridized carbons (Fsp3) is 0.100. The molecule has 0 unspecified atom stereocenters. The molecule has 0 spiro atoms. The van der Waals surface area contributed by atoms with E-state index in [-0.39, 0.29) is 17.1 Å². The second-order valence-corrected chi connectivity index (χ2v) is 8.53. The lowest BCUT2D eigenvalue weighted by atomic mass is 10.1. The van der Waals surface area contributed by atoms with Gasteiger partial charge in [0.2, 0.25) is 0 Å². The number of nitro benzene ring substituents is 1. The molecule has 28 heavy (non-hydrogen) atoms. The Kier molecular flexibility index (Phi) is 5.67. The molecular weight excluding hydrogens is 400 g/mol. The molecule has 3 rings (SSSR count). The first kappa shape index (κ1) is 19.9. The molecule has 144 valence electrons. The molecule has 0 atom stereocenters. The van der Waals surface area contributed by atoms with E-state index in [0.717, 1.165) is 17.2 Å². The summed E-state index contributed by atoms with van der Waals surface area (Å²) >= 11 is 6.06. The van der Waals surface area contributed by atoms with Crippen molar-refractivity contribution in [2.75, 3.05) is 4.31 Å². The van der Waals surface area contributed by atoms with Crippen LogP contribution in [-0.2, 0) is 16.6 Å². The number of nitrogens with zero attached hydrogens (tertiary/aromatic N) is 2. The van der Waals surface area contributed by atoms with Crippen LogP contribution in [0.3, 0.4) is 0 Å². The molecule has 3 aromatic carbocycles. The summed E-state index contributed by atoms with van der Waals surface area (Å²) in [6.07, 6.45) is 0. The lowest BCUT2D eigenvalue weighted by Gasteiger charge is -2.25. The van der Waals surface area contributed by atoms with Crippen LogP contribution in [0.1, 0.15) is 11.1 Å². The first-order valence-corrected chi connectivity index (χ1v) is 10.2. The molecule has 0 aliphatic carbocycles. The number of non-ortho nitro benzene ring substituents is 1. The second-order valence-electron chi connectivity index (χ2n) is 6.23. The third-order valence-corrected chi connectivity index (χ3v) is 6.16. The van der Waals surface area contributed by atoms with E-state index in [1.807, 2.05) is 31.2 Å². The Bertz CT molecular complexity index is 1120. The van der Waals surface area contributed by atoms with E-state index in [9.17, 15) is 18.5 Å². The molecule has 0 N–H and O–H groups in total. The summed E-state index contributed by atoms with van der Waals surface area (Å²) in [6, 6.07) is 19.0. The van der Waals surface area contributed by atoms with Gasteiger partial charge in [-0.05, 0) is 36.8 Å². The second kappa shape index (κ2) is 8.00. The third-order valence-electron chi connectivity index (χ3n) is 4.16. The molecule has 0 saturated heterocycles.